The summed E-state index contributed by atoms with van der Waals surface area (Å²) in [5.74, 6) is -0.355. The lowest BCUT2D eigenvalue weighted by Gasteiger charge is -2.04. The lowest BCUT2D eigenvalue weighted by Crippen LogP contribution is -2.02. The summed E-state index contributed by atoms with van der Waals surface area (Å²) < 4.78 is 5.33. The number of hydrogen-bond donors (Lipinski definition) is 0. The molecule has 2 rings (SSSR count). The van der Waals surface area contributed by atoms with Crippen LogP contribution in [0.2, 0.25) is 0 Å². The highest BCUT2D eigenvalue weighted by Gasteiger charge is 2.16. The van der Waals surface area contributed by atoms with Gasteiger partial charge in [-0.15, -0.1) is 0 Å². The number of fused-ring (bicyclic) bond motifs is 1. The average Bonchev–Trinajstić information content (AvgIpc) is 2.62. The van der Waals surface area contributed by atoms with E-state index in [0.717, 1.165) is 11.3 Å². The van der Waals surface area contributed by atoms with E-state index in [4.69, 9.17) is 0 Å². The number of carbonyl (C=O) groups is 1. The number of azo groups is 1. The number of rotatable bonds is 1. The summed E-state index contributed by atoms with van der Waals surface area (Å²) in [4.78, 5) is 11.3. The molecule has 0 amide bonds. The molecule has 1 aromatic carbocycles. The zero-order chi connectivity index (χ0) is 10.1. The highest BCUT2D eigenvalue weighted by atomic mass is 79.9. The normalized spacial score (nSPS) is 12.7. The molecule has 14 heavy (non-hydrogen) atoms. The van der Waals surface area contributed by atoms with Crippen LogP contribution in [0.5, 0.6) is 0 Å². The number of nitrogens with zero attached hydrogens (tertiary/aromatic N) is 2. The second-order valence-electron chi connectivity index (χ2n) is 2.85. The molecule has 5 heteroatoms. The predicted octanol–water partition coefficient (Wildman–Crippen LogP) is 2.83. The van der Waals surface area contributed by atoms with Crippen LogP contribution in [0, 0.1) is 0 Å². The van der Waals surface area contributed by atoms with E-state index in [-0.39, 0.29) is 5.97 Å². The molecule has 0 N–H and O–H groups in total. The quantitative estimate of drug-likeness (QED) is 0.724. The molecule has 0 atom stereocenters. The molecule has 1 aliphatic rings. The van der Waals surface area contributed by atoms with Crippen LogP contribution in [0.25, 0.3) is 0 Å². The van der Waals surface area contributed by atoms with Gasteiger partial charge in [-0.1, -0.05) is 0 Å². The van der Waals surface area contributed by atoms with Gasteiger partial charge in [0.05, 0.1) is 24.9 Å². The summed E-state index contributed by atoms with van der Waals surface area (Å²) >= 11 is 3.29. The molecule has 0 fully saturated rings. The Balaban J connectivity index is 2.50. The SMILES string of the molecule is COC(=O)c1cc2c(cc1Br)N=NC2. The van der Waals surface area contributed by atoms with Gasteiger partial charge in [0, 0.05) is 10.0 Å². The molecule has 72 valence electrons. The summed E-state index contributed by atoms with van der Waals surface area (Å²) in [7, 11) is 1.36. The van der Waals surface area contributed by atoms with E-state index in [1.54, 1.807) is 12.1 Å². The first kappa shape index (κ1) is 9.33. The summed E-state index contributed by atoms with van der Waals surface area (Å²) in [5, 5.41) is 7.80. The maximum absolute atomic E-state index is 11.3. The van der Waals surface area contributed by atoms with Crippen molar-refractivity contribution in [3.63, 3.8) is 0 Å². The Kier molecular flexibility index (Phi) is 2.33. The van der Waals surface area contributed by atoms with Gasteiger partial charge < -0.3 is 4.74 Å². The minimum atomic E-state index is -0.355. The van der Waals surface area contributed by atoms with Gasteiger partial charge in [-0.3, -0.25) is 0 Å². The minimum Gasteiger partial charge on any atom is -0.465 e. The Morgan fingerprint density at radius 3 is 3.07 bits per heavy atom. The van der Waals surface area contributed by atoms with E-state index in [1.165, 1.54) is 7.11 Å². The maximum Gasteiger partial charge on any atom is 0.339 e. The van der Waals surface area contributed by atoms with Crippen molar-refractivity contribution in [2.75, 3.05) is 7.11 Å². The highest BCUT2D eigenvalue weighted by Crippen LogP contribution is 2.32. The number of hydrogen-bond acceptors (Lipinski definition) is 4. The number of carbonyl (C=O) groups excluding carboxylic acids is 1. The predicted molar refractivity (Wildman–Crippen MR) is 53.7 cm³/mol. The third kappa shape index (κ3) is 1.43. The third-order valence-corrected chi connectivity index (χ3v) is 2.65. The van der Waals surface area contributed by atoms with Crippen molar-refractivity contribution in [2.24, 2.45) is 10.2 Å². The van der Waals surface area contributed by atoms with Gasteiger partial charge in [-0.2, -0.15) is 10.2 Å². The van der Waals surface area contributed by atoms with Gasteiger partial charge >= 0.3 is 5.97 Å². The molecule has 0 saturated heterocycles. The molecular weight excluding hydrogens is 248 g/mol. The fourth-order valence-corrected chi connectivity index (χ4v) is 1.77. The summed E-state index contributed by atoms with van der Waals surface area (Å²) in [6.45, 7) is 0.534. The van der Waals surface area contributed by atoms with E-state index < -0.39 is 0 Å². The Bertz CT molecular complexity index is 429. The molecular formula is C9H7BrN2O2. The number of methoxy groups -OCH3 is 1. The molecule has 0 saturated carbocycles. The molecule has 0 spiro atoms. The van der Waals surface area contributed by atoms with Crippen molar-refractivity contribution in [2.45, 2.75) is 6.54 Å². The number of halogens is 1. The molecule has 0 aliphatic carbocycles. The molecule has 0 unspecified atom stereocenters. The summed E-state index contributed by atoms with van der Waals surface area (Å²) in [5.41, 5.74) is 2.27. The molecule has 1 heterocycles. The molecule has 0 aromatic heterocycles. The first-order valence-corrected chi connectivity index (χ1v) is 4.80. The van der Waals surface area contributed by atoms with E-state index in [9.17, 15) is 4.79 Å². The van der Waals surface area contributed by atoms with Crippen LogP contribution < -0.4 is 0 Å². The Morgan fingerprint density at radius 1 is 1.57 bits per heavy atom. The van der Waals surface area contributed by atoms with Crippen molar-refractivity contribution >= 4 is 27.6 Å². The van der Waals surface area contributed by atoms with Crippen molar-refractivity contribution in [3.05, 3.63) is 27.7 Å². The highest BCUT2D eigenvalue weighted by molar-refractivity contribution is 9.10. The Hall–Kier alpha value is -1.23. The molecule has 1 aromatic rings. The summed E-state index contributed by atoms with van der Waals surface area (Å²) in [6.07, 6.45) is 0. The fourth-order valence-electron chi connectivity index (χ4n) is 1.28. The van der Waals surface area contributed by atoms with Gasteiger partial charge in [-0.05, 0) is 28.1 Å². The Morgan fingerprint density at radius 2 is 2.36 bits per heavy atom. The zero-order valence-electron chi connectivity index (χ0n) is 7.45. The number of ether oxygens (including phenoxy) is 1. The number of benzene rings is 1. The monoisotopic (exact) mass is 254 g/mol. The maximum atomic E-state index is 11.3. The van der Waals surface area contributed by atoms with E-state index >= 15 is 0 Å². The van der Waals surface area contributed by atoms with Gasteiger partial charge in [0.15, 0.2) is 0 Å². The second kappa shape index (κ2) is 3.49. The van der Waals surface area contributed by atoms with Crippen LogP contribution in [0.1, 0.15) is 15.9 Å². The van der Waals surface area contributed by atoms with Gasteiger partial charge in [0.25, 0.3) is 0 Å². The second-order valence-corrected chi connectivity index (χ2v) is 3.71. The largest absolute Gasteiger partial charge is 0.465 e. The zero-order valence-corrected chi connectivity index (χ0v) is 9.04. The van der Waals surface area contributed by atoms with Crippen LogP contribution in [-0.2, 0) is 11.3 Å². The lowest BCUT2D eigenvalue weighted by molar-refractivity contribution is 0.0599. The topological polar surface area (TPSA) is 51.0 Å². The van der Waals surface area contributed by atoms with Crippen LogP contribution >= 0.6 is 15.9 Å². The van der Waals surface area contributed by atoms with E-state index in [2.05, 4.69) is 30.9 Å². The van der Waals surface area contributed by atoms with Crippen LogP contribution in [0.3, 0.4) is 0 Å². The van der Waals surface area contributed by atoms with Gasteiger partial charge in [0.2, 0.25) is 0 Å². The first-order valence-electron chi connectivity index (χ1n) is 4.00. The molecule has 4 nitrogen and oxygen atoms in total. The first-order chi connectivity index (χ1) is 6.72. The Labute approximate surface area is 89.1 Å². The lowest BCUT2D eigenvalue weighted by atomic mass is 10.1. The minimum absolute atomic E-state index is 0.355. The van der Waals surface area contributed by atoms with Gasteiger partial charge in [-0.25, -0.2) is 4.79 Å². The smallest absolute Gasteiger partial charge is 0.339 e. The van der Waals surface area contributed by atoms with Crippen LogP contribution in [-0.4, -0.2) is 13.1 Å². The van der Waals surface area contributed by atoms with Crippen molar-refractivity contribution in [3.8, 4) is 0 Å². The molecule has 0 bridgehead atoms. The van der Waals surface area contributed by atoms with Crippen molar-refractivity contribution in [1.82, 2.24) is 0 Å². The average molecular weight is 255 g/mol. The van der Waals surface area contributed by atoms with Crippen LogP contribution in [0.4, 0.5) is 5.69 Å². The van der Waals surface area contributed by atoms with E-state index in [0.29, 0.717) is 16.6 Å². The third-order valence-electron chi connectivity index (χ3n) is 1.99. The number of esters is 1. The molecule has 0 radical (unpaired) electrons. The van der Waals surface area contributed by atoms with Gasteiger partial charge in [0.1, 0.15) is 0 Å². The van der Waals surface area contributed by atoms with Crippen molar-refractivity contribution in [1.29, 1.82) is 0 Å². The fraction of sp³-hybridized carbons (Fsp3) is 0.222. The standard InChI is InChI=1S/C9H7BrN2O2/c1-14-9(13)6-2-5-4-11-12-8(5)3-7(6)10/h2-3H,4H2,1H3. The van der Waals surface area contributed by atoms with Crippen molar-refractivity contribution < 1.29 is 9.53 Å². The van der Waals surface area contributed by atoms with E-state index in [1.807, 2.05) is 0 Å². The summed E-state index contributed by atoms with van der Waals surface area (Å²) in [6, 6.07) is 3.53. The molecule has 1 aliphatic heterocycles. The van der Waals surface area contributed by atoms with Crippen LogP contribution in [0.15, 0.2) is 26.8 Å².